The SMILES string of the molecule is O=[N+]([O-])c1c(Cl)ncnc1NCCn1cccn1. The molecule has 0 atom stereocenters. The van der Waals surface area contributed by atoms with Crippen LogP contribution in [0.3, 0.4) is 0 Å². The van der Waals surface area contributed by atoms with Crippen LogP contribution < -0.4 is 5.32 Å². The van der Waals surface area contributed by atoms with Gasteiger partial charge < -0.3 is 5.32 Å². The second kappa shape index (κ2) is 5.41. The highest BCUT2D eigenvalue weighted by atomic mass is 35.5. The van der Waals surface area contributed by atoms with Crippen LogP contribution in [0.15, 0.2) is 24.8 Å². The Hall–Kier alpha value is -2.22. The lowest BCUT2D eigenvalue weighted by Gasteiger charge is -2.06. The number of hydrogen-bond donors (Lipinski definition) is 1. The van der Waals surface area contributed by atoms with Crippen LogP contribution in [0.2, 0.25) is 5.15 Å². The van der Waals surface area contributed by atoms with Crippen LogP contribution in [0.25, 0.3) is 0 Å². The van der Waals surface area contributed by atoms with Crippen LogP contribution in [0.1, 0.15) is 0 Å². The van der Waals surface area contributed by atoms with E-state index in [1.807, 2.05) is 0 Å². The van der Waals surface area contributed by atoms with Gasteiger partial charge in [0.25, 0.3) is 0 Å². The summed E-state index contributed by atoms with van der Waals surface area (Å²) in [4.78, 5) is 17.6. The first-order chi connectivity index (χ1) is 8.68. The van der Waals surface area contributed by atoms with Crippen molar-refractivity contribution in [2.75, 3.05) is 11.9 Å². The molecule has 0 saturated heterocycles. The molecule has 0 fully saturated rings. The largest absolute Gasteiger partial charge is 0.362 e. The summed E-state index contributed by atoms with van der Waals surface area (Å²) < 4.78 is 1.70. The maximum Gasteiger partial charge on any atom is 0.348 e. The zero-order valence-electron chi connectivity index (χ0n) is 9.15. The molecule has 0 radical (unpaired) electrons. The number of aromatic nitrogens is 4. The minimum absolute atomic E-state index is 0.104. The van der Waals surface area contributed by atoms with Gasteiger partial charge in [-0.1, -0.05) is 11.6 Å². The standard InChI is InChI=1S/C9H9ClN6O2/c10-8-7(16(17)18)9(13-6-12-8)11-3-5-15-4-1-2-14-15/h1-2,4,6H,3,5H2,(H,11,12,13). The zero-order valence-corrected chi connectivity index (χ0v) is 9.91. The molecule has 0 aliphatic rings. The van der Waals surface area contributed by atoms with Crippen molar-refractivity contribution in [1.29, 1.82) is 0 Å². The molecule has 8 nitrogen and oxygen atoms in total. The molecule has 0 saturated carbocycles. The molecular formula is C9H9ClN6O2. The number of nitro groups is 1. The van der Waals surface area contributed by atoms with Gasteiger partial charge in [-0.3, -0.25) is 14.8 Å². The molecule has 1 N–H and O–H groups in total. The first kappa shape index (κ1) is 12.2. The van der Waals surface area contributed by atoms with E-state index in [9.17, 15) is 10.1 Å². The summed E-state index contributed by atoms with van der Waals surface area (Å²) >= 11 is 5.65. The van der Waals surface area contributed by atoms with Crippen molar-refractivity contribution in [2.24, 2.45) is 0 Å². The molecule has 0 aliphatic heterocycles. The van der Waals surface area contributed by atoms with Crippen molar-refractivity contribution in [2.45, 2.75) is 6.54 Å². The fourth-order valence-electron chi connectivity index (χ4n) is 1.37. The number of rotatable bonds is 5. The summed E-state index contributed by atoms with van der Waals surface area (Å²) in [6, 6.07) is 1.80. The van der Waals surface area contributed by atoms with E-state index in [2.05, 4.69) is 20.4 Å². The Morgan fingerprint density at radius 2 is 2.33 bits per heavy atom. The van der Waals surface area contributed by atoms with Gasteiger partial charge >= 0.3 is 5.69 Å². The van der Waals surface area contributed by atoms with Gasteiger partial charge in [-0.15, -0.1) is 0 Å². The van der Waals surface area contributed by atoms with Gasteiger partial charge in [-0.25, -0.2) is 9.97 Å². The van der Waals surface area contributed by atoms with E-state index in [4.69, 9.17) is 11.6 Å². The Bertz CT molecular complexity index is 544. The minimum Gasteiger partial charge on any atom is -0.362 e. The minimum atomic E-state index is -0.613. The van der Waals surface area contributed by atoms with Crippen LogP contribution in [-0.4, -0.2) is 31.2 Å². The second-order valence-electron chi connectivity index (χ2n) is 3.31. The Kier molecular flexibility index (Phi) is 3.68. The third kappa shape index (κ3) is 2.72. The van der Waals surface area contributed by atoms with E-state index in [-0.39, 0.29) is 16.7 Å². The molecule has 0 aromatic carbocycles. The van der Waals surface area contributed by atoms with Gasteiger partial charge in [0, 0.05) is 18.9 Å². The smallest absolute Gasteiger partial charge is 0.348 e. The van der Waals surface area contributed by atoms with Gasteiger partial charge in [0.15, 0.2) is 0 Å². The fraction of sp³-hybridized carbons (Fsp3) is 0.222. The number of hydrogen-bond acceptors (Lipinski definition) is 6. The lowest BCUT2D eigenvalue weighted by molar-refractivity contribution is -0.384. The van der Waals surface area contributed by atoms with Crippen LogP contribution in [0, 0.1) is 10.1 Å². The number of nitrogens with one attached hydrogen (secondary N) is 1. The summed E-state index contributed by atoms with van der Waals surface area (Å²) in [6.45, 7) is 1.00. The number of nitrogens with zero attached hydrogens (tertiary/aromatic N) is 5. The lowest BCUT2D eigenvalue weighted by Crippen LogP contribution is -2.13. The zero-order chi connectivity index (χ0) is 13.0. The molecule has 0 spiro atoms. The van der Waals surface area contributed by atoms with Crippen LogP contribution in [0.4, 0.5) is 11.5 Å². The molecular weight excluding hydrogens is 260 g/mol. The van der Waals surface area contributed by atoms with Gasteiger partial charge in [0.2, 0.25) is 11.0 Å². The molecule has 18 heavy (non-hydrogen) atoms. The highest BCUT2D eigenvalue weighted by molar-refractivity contribution is 6.31. The Morgan fingerprint density at radius 3 is 3.00 bits per heavy atom. The van der Waals surface area contributed by atoms with E-state index < -0.39 is 4.92 Å². The predicted molar refractivity (Wildman–Crippen MR) is 64.4 cm³/mol. The van der Waals surface area contributed by atoms with Crippen molar-refractivity contribution in [3.05, 3.63) is 40.1 Å². The molecule has 9 heteroatoms. The molecule has 0 aliphatic carbocycles. The van der Waals surface area contributed by atoms with E-state index in [1.165, 1.54) is 6.33 Å². The Labute approximate surface area is 107 Å². The summed E-state index contributed by atoms with van der Waals surface area (Å²) in [5.41, 5.74) is -0.320. The Morgan fingerprint density at radius 1 is 1.50 bits per heavy atom. The van der Waals surface area contributed by atoms with Crippen LogP contribution in [0.5, 0.6) is 0 Å². The van der Waals surface area contributed by atoms with Crippen molar-refractivity contribution in [1.82, 2.24) is 19.7 Å². The monoisotopic (exact) mass is 268 g/mol. The first-order valence-corrected chi connectivity index (χ1v) is 5.42. The van der Waals surface area contributed by atoms with Gasteiger partial charge in [-0.05, 0) is 6.07 Å². The third-order valence-corrected chi connectivity index (χ3v) is 2.43. The van der Waals surface area contributed by atoms with Crippen LogP contribution in [-0.2, 0) is 6.54 Å². The maximum atomic E-state index is 10.8. The maximum absolute atomic E-state index is 10.8. The topological polar surface area (TPSA) is 98.8 Å². The van der Waals surface area contributed by atoms with E-state index in [0.717, 1.165) is 0 Å². The van der Waals surface area contributed by atoms with Crippen molar-refractivity contribution in [3.8, 4) is 0 Å². The van der Waals surface area contributed by atoms with Gasteiger partial charge in [0.1, 0.15) is 6.33 Å². The van der Waals surface area contributed by atoms with Crippen molar-refractivity contribution >= 4 is 23.1 Å². The highest BCUT2D eigenvalue weighted by Gasteiger charge is 2.20. The van der Waals surface area contributed by atoms with Crippen molar-refractivity contribution in [3.63, 3.8) is 0 Å². The second-order valence-corrected chi connectivity index (χ2v) is 3.67. The van der Waals surface area contributed by atoms with Crippen molar-refractivity contribution < 1.29 is 4.92 Å². The molecule has 2 heterocycles. The molecule has 2 aromatic heterocycles. The number of halogens is 1. The average molecular weight is 269 g/mol. The van der Waals surface area contributed by atoms with E-state index in [1.54, 1.807) is 23.1 Å². The summed E-state index contributed by atoms with van der Waals surface area (Å²) in [5, 5.41) is 17.5. The van der Waals surface area contributed by atoms with E-state index >= 15 is 0 Å². The first-order valence-electron chi connectivity index (χ1n) is 5.04. The average Bonchev–Trinajstić information content (AvgIpc) is 2.81. The normalized spacial score (nSPS) is 10.3. The summed E-state index contributed by atoms with van der Waals surface area (Å²) in [5.74, 6) is 0.104. The highest BCUT2D eigenvalue weighted by Crippen LogP contribution is 2.27. The Balaban J connectivity index is 2.05. The predicted octanol–water partition coefficient (Wildman–Crippen LogP) is 1.35. The number of anilines is 1. The quantitative estimate of drug-likeness (QED) is 0.499. The van der Waals surface area contributed by atoms with E-state index in [0.29, 0.717) is 13.1 Å². The van der Waals surface area contributed by atoms with Gasteiger partial charge in [0.05, 0.1) is 11.5 Å². The molecule has 0 unspecified atom stereocenters. The summed E-state index contributed by atoms with van der Waals surface area (Å²) in [7, 11) is 0. The molecule has 0 bridgehead atoms. The molecule has 94 valence electrons. The molecule has 2 aromatic rings. The summed E-state index contributed by atoms with van der Waals surface area (Å²) in [6.07, 6.45) is 4.62. The third-order valence-electron chi connectivity index (χ3n) is 2.15. The molecule has 0 amide bonds. The molecule has 2 rings (SSSR count). The lowest BCUT2D eigenvalue weighted by atomic mass is 10.4. The van der Waals surface area contributed by atoms with Gasteiger partial charge in [-0.2, -0.15) is 5.10 Å². The fourth-order valence-corrected chi connectivity index (χ4v) is 1.57. The van der Waals surface area contributed by atoms with Crippen LogP contribution >= 0.6 is 11.6 Å².